The minimum Gasteiger partial charge on any atom is -0.349 e. The van der Waals surface area contributed by atoms with Gasteiger partial charge in [0.05, 0.1) is 4.47 Å². The Morgan fingerprint density at radius 2 is 2.13 bits per heavy atom. The van der Waals surface area contributed by atoms with E-state index >= 15 is 0 Å². The summed E-state index contributed by atoms with van der Waals surface area (Å²) in [6, 6.07) is 3.36. The van der Waals surface area contributed by atoms with E-state index in [-0.39, 0.29) is 17.8 Å². The second-order valence-electron chi connectivity index (χ2n) is 4.19. The van der Waals surface area contributed by atoms with E-state index in [0.717, 1.165) is 18.4 Å². The van der Waals surface area contributed by atoms with Gasteiger partial charge in [0.25, 0.3) is 5.91 Å². The number of benzene rings is 1. The minimum atomic E-state index is -0.285. The van der Waals surface area contributed by atoms with E-state index in [4.69, 9.17) is 0 Å². The number of hydrogen-bond acceptors (Lipinski definition) is 1. The maximum absolute atomic E-state index is 13.4. The molecule has 0 radical (unpaired) electrons. The number of amides is 1. The van der Waals surface area contributed by atoms with Crippen LogP contribution in [0.4, 0.5) is 4.39 Å². The molecule has 4 heteroatoms. The lowest BCUT2D eigenvalue weighted by Gasteiger charge is -2.32. The molecule has 1 aromatic rings. The molecule has 2 nitrogen and oxygen atoms in total. The van der Waals surface area contributed by atoms with Crippen LogP contribution in [-0.4, -0.2) is 11.9 Å². The summed E-state index contributed by atoms with van der Waals surface area (Å²) < 4.78 is 13.7. The molecule has 3 aliphatic rings. The van der Waals surface area contributed by atoms with Crippen molar-refractivity contribution in [3.05, 3.63) is 33.5 Å². The van der Waals surface area contributed by atoms with Crippen LogP contribution in [0.25, 0.3) is 0 Å². The van der Waals surface area contributed by atoms with E-state index in [2.05, 4.69) is 21.2 Å². The van der Waals surface area contributed by atoms with Gasteiger partial charge >= 0.3 is 0 Å². The molecule has 1 N–H and O–H groups in total. The predicted octanol–water partition coefficient (Wildman–Crippen LogP) is 2.58. The highest BCUT2D eigenvalue weighted by Gasteiger charge is 2.38. The Labute approximate surface area is 95.0 Å². The van der Waals surface area contributed by atoms with E-state index in [9.17, 15) is 9.18 Å². The first-order valence-electron chi connectivity index (χ1n) is 4.95. The van der Waals surface area contributed by atoms with Gasteiger partial charge in [-0.05, 0) is 52.4 Å². The normalized spacial score (nSPS) is 27.5. The lowest BCUT2D eigenvalue weighted by Crippen LogP contribution is -2.39. The van der Waals surface area contributed by atoms with Crippen LogP contribution < -0.4 is 5.32 Å². The van der Waals surface area contributed by atoms with Gasteiger partial charge in [0.15, 0.2) is 0 Å². The summed E-state index contributed by atoms with van der Waals surface area (Å²) in [6.07, 6.45) is 1.89. The maximum atomic E-state index is 13.4. The van der Waals surface area contributed by atoms with Crippen molar-refractivity contribution in [2.75, 3.05) is 0 Å². The number of carbonyl (C=O) groups is 1. The van der Waals surface area contributed by atoms with Crippen LogP contribution in [0.15, 0.2) is 16.6 Å². The molecule has 0 unspecified atom stereocenters. The third-order valence-electron chi connectivity index (χ3n) is 3.25. The second kappa shape index (κ2) is 3.04. The molecule has 1 saturated carbocycles. The zero-order valence-electron chi connectivity index (χ0n) is 7.89. The minimum absolute atomic E-state index is 0.0734. The number of nitrogens with one attached hydrogen (secondary N) is 1. The van der Waals surface area contributed by atoms with Crippen LogP contribution in [0, 0.1) is 5.82 Å². The van der Waals surface area contributed by atoms with Gasteiger partial charge in [0.2, 0.25) is 0 Å². The molecule has 0 spiro atoms. The Bertz CT molecular complexity index is 454. The molecular formula is C11H9BrFNO. The van der Waals surface area contributed by atoms with Gasteiger partial charge in [-0.2, -0.15) is 0 Å². The fraction of sp³-hybridized carbons (Fsp3) is 0.364. The van der Waals surface area contributed by atoms with Crippen LogP contribution in [0.2, 0.25) is 0 Å². The molecule has 4 rings (SSSR count). The fourth-order valence-corrected chi connectivity index (χ4v) is 2.69. The molecule has 1 aliphatic carbocycles. The number of fused-ring (bicyclic) bond motifs is 1. The van der Waals surface area contributed by atoms with Crippen molar-refractivity contribution >= 4 is 21.8 Å². The first-order valence-corrected chi connectivity index (χ1v) is 5.74. The van der Waals surface area contributed by atoms with Gasteiger partial charge in [-0.15, -0.1) is 0 Å². The second-order valence-corrected chi connectivity index (χ2v) is 5.05. The summed E-state index contributed by atoms with van der Waals surface area (Å²) in [7, 11) is 0. The quantitative estimate of drug-likeness (QED) is 0.771. The lowest BCUT2D eigenvalue weighted by molar-refractivity contribution is 0.0926. The van der Waals surface area contributed by atoms with Gasteiger partial charge in [-0.3, -0.25) is 4.79 Å². The average Bonchev–Trinajstić information content (AvgIpc) is 2.32. The Hall–Kier alpha value is -0.900. The molecule has 0 saturated heterocycles. The molecule has 0 atom stereocenters. The van der Waals surface area contributed by atoms with Crippen LogP contribution in [0.1, 0.15) is 34.7 Å². The SMILES string of the molecule is O=C1NC2CC(C2)c2cc(F)c(Br)cc21. The Morgan fingerprint density at radius 3 is 2.87 bits per heavy atom. The predicted molar refractivity (Wildman–Crippen MR) is 57.3 cm³/mol. The molecule has 1 fully saturated rings. The van der Waals surface area contributed by atoms with Crippen molar-refractivity contribution in [1.29, 1.82) is 0 Å². The van der Waals surface area contributed by atoms with Crippen LogP contribution in [-0.2, 0) is 0 Å². The summed E-state index contributed by atoms with van der Waals surface area (Å²) >= 11 is 3.11. The maximum Gasteiger partial charge on any atom is 0.251 e. The zero-order valence-corrected chi connectivity index (χ0v) is 9.47. The number of carbonyl (C=O) groups excluding carboxylic acids is 1. The molecule has 2 aliphatic heterocycles. The Balaban J connectivity index is 2.20. The molecule has 0 aromatic heterocycles. The average molecular weight is 270 g/mol. The third kappa shape index (κ3) is 1.31. The number of halogens is 2. The van der Waals surface area contributed by atoms with Crippen molar-refractivity contribution in [3.8, 4) is 0 Å². The molecule has 15 heavy (non-hydrogen) atoms. The van der Waals surface area contributed by atoms with Crippen molar-refractivity contribution < 1.29 is 9.18 Å². The van der Waals surface area contributed by atoms with Gasteiger partial charge in [0, 0.05) is 11.6 Å². The molecule has 1 amide bonds. The molecule has 78 valence electrons. The van der Waals surface area contributed by atoms with Crippen molar-refractivity contribution in [2.45, 2.75) is 24.8 Å². The molecule has 1 aromatic carbocycles. The summed E-state index contributed by atoms with van der Waals surface area (Å²) in [6.45, 7) is 0. The molecule has 2 heterocycles. The van der Waals surface area contributed by atoms with Gasteiger partial charge in [-0.25, -0.2) is 4.39 Å². The third-order valence-corrected chi connectivity index (χ3v) is 3.86. The van der Waals surface area contributed by atoms with Crippen molar-refractivity contribution in [1.82, 2.24) is 5.32 Å². The summed E-state index contributed by atoms with van der Waals surface area (Å²) in [4.78, 5) is 11.8. The van der Waals surface area contributed by atoms with E-state index in [0.29, 0.717) is 16.0 Å². The highest BCUT2D eigenvalue weighted by atomic mass is 79.9. The van der Waals surface area contributed by atoms with Crippen molar-refractivity contribution in [2.24, 2.45) is 0 Å². The summed E-state index contributed by atoms with van der Waals surface area (Å²) in [5.41, 5.74) is 1.48. The van der Waals surface area contributed by atoms with E-state index < -0.39 is 0 Å². The molecule has 2 bridgehead atoms. The van der Waals surface area contributed by atoms with Crippen LogP contribution in [0.3, 0.4) is 0 Å². The first kappa shape index (κ1) is 9.33. The van der Waals surface area contributed by atoms with E-state index in [1.54, 1.807) is 6.07 Å². The standard InChI is InChI=1S/C11H9BrFNO/c12-9-3-8-7(4-10(9)13)5-1-6(2-5)14-11(8)15/h3-6H,1-2H2,(H,14,15). The highest BCUT2D eigenvalue weighted by molar-refractivity contribution is 9.10. The van der Waals surface area contributed by atoms with Gasteiger partial charge < -0.3 is 5.32 Å². The zero-order chi connectivity index (χ0) is 10.6. The van der Waals surface area contributed by atoms with Crippen LogP contribution >= 0.6 is 15.9 Å². The molecular weight excluding hydrogens is 261 g/mol. The number of rotatable bonds is 0. The highest BCUT2D eigenvalue weighted by Crippen LogP contribution is 2.42. The largest absolute Gasteiger partial charge is 0.349 e. The topological polar surface area (TPSA) is 29.1 Å². The first-order chi connectivity index (χ1) is 7.15. The summed E-state index contributed by atoms with van der Waals surface area (Å²) in [5, 5.41) is 2.93. The van der Waals surface area contributed by atoms with E-state index in [1.165, 1.54) is 6.07 Å². The lowest BCUT2D eigenvalue weighted by atomic mass is 9.76. The fourth-order valence-electron chi connectivity index (χ4n) is 2.35. The number of hydrogen-bond donors (Lipinski definition) is 1. The smallest absolute Gasteiger partial charge is 0.251 e. The van der Waals surface area contributed by atoms with Gasteiger partial charge in [0.1, 0.15) is 5.82 Å². The van der Waals surface area contributed by atoms with Crippen LogP contribution in [0.5, 0.6) is 0 Å². The summed E-state index contributed by atoms with van der Waals surface area (Å²) in [5.74, 6) is -0.00542. The van der Waals surface area contributed by atoms with Gasteiger partial charge in [-0.1, -0.05) is 0 Å². The van der Waals surface area contributed by atoms with E-state index in [1.807, 2.05) is 0 Å². The monoisotopic (exact) mass is 269 g/mol. The Morgan fingerprint density at radius 1 is 1.40 bits per heavy atom. The van der Waals surface area contributed by atoms with Crippen molar-refractivity contribution in [3.63, 3.8) is 0 Å². The Kier molecular flexibility index (Phi) is 1.89.